The van der Waals surface area contributed by atoms with Gasteiger partial charge in [0.2, 0.25) is 0 Å². The number of nitrogens with zero attached hydrogens (tertiary/aromatic N) is 1. The highest BCUT2D eigenvalue weighted by Crippen LogP contribution is 2.21. The molecule has 0 aromatic heterocycles. The summed E-state index contributed by atoms with van der Waals surface area (Å²) < 4.78 is 19.3. The molecular formula is C15H13BrFNO2. The van der Waals surface area contributed by atoms with Crippen molar-refractivity contribution in [3.63, 3.8) is 0 Å². The lowest BCUT2D eigenvalue weighted by Gasteiger charge is -2.09. The van der Waals surface area contributed by atoms with Gasteiger partial charge in [0.15, 0.2) is 0 Å². The van der Waals surface area contributed by atoms with Gasteiger partial charge >= 0.3 is 0 Å². The third-order valence-corrected chi connectivity index (χ3v) is 3.55. The summed E-state index contributed by atoms with van der Waals surface area (Å²) in [5, 5.41) is 11.9. The van der Waals surface area contributed by atoms with E-state index in [1.807, 2.05) is 18.2 Å². The number of oxime groups is 1. The molecule has 2 aromatic rings. The summed E-state index contributed by atoms with van der Waals surface area (Å²) in [5.41, 5.74) is 2.14. The number of hydrogen-bond donors (Lipinski definition) is 1. The van der Waals surface area contributed by atoms with Crippen molar-refractivity contribution >= 4 is 21.6 Å². The molecule has 0 unspecified atom stereocenters. The van der Waals surface area contributed by atoms with Crippen molar-refractivity contribution in [2.24, 2.45) is 5.16 Å². The lowest BCUT2D eigenvalue weighted by Crippen LogP contribution is -1.99. The van der Waals surface area contributed by atoms with Crippen LogP contribution < -0.4 is 4.74 Å². The van der Waals surface area contributed by atoms with Gasteiger partial charge in [-0.2, -0.15) is 0 Å². The van der Waals surface area contributed by atoms with Crippen LogP contribution in [0.15, 0.2) is 52.1 Å². The maximum absolute atomic E-state index is 13.0. The molecule has 104 valence electrons. The largest absolute Gasteiger partial charge is 0.489 e. The molecule has 0 heterocycles. The monoisotopic (exact) mass is 337 g/mol. The minimum absolute atomic E-state index is 0.294. The zero-order valence-corrected chi connectivity index (χ0v) is 12.4. The molecule has 2 rings (SSSR count). The van der Waals surface area contributed by atoms with Crippen LogP contribution >= 0.6 is 15.9 Å². The third kappa shape index (κ3) is 3.57. The maximum atomic E-state index is 13.0. The van der Waals surface area contributed by atoms with Crippen LogP contribution in [0, 0.1) is 5.82 Å². The van der Waals surface area contributed by atoms with Gasteiger partial charge in [-0.15, -0.1) is 0 Å². The van der Waals surface area contributed by atoms with Crippen LogP contribution in [-0.2, 0) is 6.61 Å². The Morgan fingerprint density at radius 3 is 2.80 bits per heavy atom. The van der Waals surface area contributed by atoms with E-state index in [2.05, 4.69) is 21.1 Å². The molecule has 0 aliphatic rings. The first-order chi connectivity index (χ1) is 9.60. The van der Waals surface area contributed by atoms with Crippen molar-refractivity contribution in [1.29, 1.82) is 0 Å². The summed E-state index contributed by atoms with van der Waals surface area (Å²) in [7, 11) is 0. The van der Waals surface area contributed by atoms with E-state index in [9.17, 15) is 4.39 Å². The van der Waals surface area contributed by atoms with Crippen LogP contribution in [0.25, 0.3) is 0 Å². The molecule has 5 heteroatoms. The molecule has 0 aliphatic heterocycles. The highest BCUT2D eigenvalue weighted by atomic mass is 79.9. The summed E-state index contributed by atoms with van der Waals surface area (Å²) in [4.78, 5) is 0. The second-order valence-electron chi connectivity index (χ2n) is 4.24. The van der Waals surface area contributed by atoms with Crippen molar-refractivity contribution in [3.05, 3.63) is 63.9 Å². The molecule has 0 amide bonds. The van der Waals surface area contributed by atoms with Gasteiger partial charge in [0.1, 0.15) is 18.2 Å². The normalized spacial score (nSPS) is 11.4. The second-order valence-corrected chi connectivity index (χ2v) is 5.09. The number of rotatable bonds is 4. The molecule has 0 atom stereocenters. The van der Waals surface area contributed by atoms with E-state index >= 15 is 0 Å². The Kier molecular flexibility index (Phi) is 4.74. The van der Waals surface area contributed by atoms with E-state index < -0.39 is 0 Å². The molecule has 0 spiro atoms. The number of benzene rings is 2. The second kappa shape index (κ2) is 6.52. The Hall–Kier alpha value is -1.88. The molecule has 0 fully saturated rings. The van der Waals surface area contributed by atoms with Crippen LogP contribution in [0.3, 0.4) is 0 Å². The number of halogens is 2. The lowest BCUT2D eigenvalue weighted by atomic mass is 10.1. The zero-order chi connectivity index (χ0) is 14.5. The number of hydrogen-bond acceptors (Lipinski definition) is 3. The van der Waals surface area contributed by atoms with Crippen LogP contribution in [0.4, 0.5) is 4.39 Å². The summed E-state index contributed by atoms with van der Waals surface area (Å²) in [6.07, 6.45) is 0. The van der Waals surface area contributed by atoms with Gasteiger partial charge in [-0.3, -0.25) is 0 Å². The van der Waals surface area contributed by atoms with Crippen LogP contribution in [-0.4, -0.2) is 10.9 Å². The first-order valence-electron chi connectivity index (χ1n) is 5.96. The van der Waals surface area contributed by atoms with Gasteiger partial charge in [-0.25, -0.2) is 4.39 Å². The van der Waals surface area contributed by atoms with E-state index in [-0.39, 0.29) is 5.82 Å². The Balaban J connectivity index is 2.11. The quantitative estimate of drug-likeness (QED) is 0.511. The van der Waals surface area contributed by atoms with Crippen molar-refractivity contribution in [2.45, 2.75) is 13.5 Å². The minimum Gasteiger partial charge on any atom is -0.489 e. The molecular weight excluding hydrogens is 325 g/mol. The van der Waals surface area contributed by atoms with Crippen molar-refractivity contribution in [1.82, 2.24) is 0 Å². The zero-order valence-electron chi connectivity index (χ0n) is 10.8. The molecule has 0 saturated heterocycles. The highest BCUT2D eigenvalue weighted by Gasteiger charge is 2.04. The fraction of sp³-hybridized carbons (Fsp3) is 0.133. The molecule has 0 bridgehead atoms. The van der Waals surface area contributed by atoms with Crippen molar-refractivity contribution in [2.75, 3.05) is 0 Å². The standard InChI is InChI=1S/C15H13BrFNO2/c1-10(18-19)11-3-2-4-14(7-11)20-9-12-5-6-13(17)8-15(12)16/h2-8,19H,9H2,1H3/b18-10+. The summed E-state index contributed by atoms with van der Waals surface area (Å²) >= 11 is 3.30. The van der Waals surface area contributed by atoms with Gasteiger partial charge in [0, 0.05) is 15.6 Å². The van der Waals surface area contributed by atoms with Gasteiger partial charge in [-0.1, -0.05) is 39.3 Å². The Labute approximate surface area is 124 Å². The predicted molar refractivity (Wildman–Crippen MR) is 78.9 cm³/mol. The average Bonchev–Trinajstić information content (AvgIpc) is 2.46. The Morgan fingerprint density at radius 2 is 2.10 bits per heavy atom. The third-order valence-electron chi connectivity index (χ3n) is 2.81. The molecule has 20 heavy (non-hydrogen) atoms. The van der Waals surface area contributed by atoms with Crippen LogP contribution in [0.1, 0.15) is 18.1 Å². The number of ether oxygens (including phenoxy) is 1. The first-order valence-corrected chi connectivity index (χ1v) is 6.75. The van der Waals surface area contributed by atoms with E-state index in [1.165, 1.54) is 12.1 Å². The maximum Gasteiger partial charge on any atom is 0.124 e. The predicted octanol–water partition coefficient (Wildman–Crippen LogP) is 4.37. The molecule has 2 aromatic carbocycles. The van der Waals surface area contributed by atoms with Crippen molar-refractivity contribution in [3.8, 4) is 5.75 Å². The summed E-state index contributed by atoms with van der Waals surface area (Å²) in [6, 6.07) is 11.7. The van der Waals surface area contributed by atoms with Gasteiger partial charge in [0.25, 0.3) is 0 Å². The highest BCUT2D eigenvalue weighted by molar-refractivity contribution is 9.10. The fourth-order valence-electron chi connectivity index (χ4n) is 1.67. The van der Waals surface area contributed by atoms with Gasteiger partial charge in [0.05, 0.1) is 5.71 Å². The molecule has 1 N–H and O–H groups in total. The molecule has 3 nitrogen and oxygen atoms in total. The first kappa shape index (κ1) is 14.5. The minimum atomic E-state index is -0.294. The van der Waals surface area contributed by atoms with E-state index in [1.54, 1.807) is 19.1 Å². The summed E-state index contributed by atoms with van der Waals surface area (Å²) in [6.45, 7) is 2.02. The van der Waals surface area contributed by atoms with Gasteiger partial charge < -0.3 is 9.94 Å². The molecule has 0 radical (unpaired) electrons. The Morgan fingerprint density at radius 1 is 1.30 bits per heavy atom. The topological polar surface area (TPSA) is 41.8 Å². The van der Waals surface area contributed by atoms with Gasteiger partial charge in [-0.05, 0) is 31.2 Å². The van der Waals surface area contributed by atoms with Crippen LogP contribution in [0.2, 0.25) is 0 Å². The van der Waals surface area contributed by atoms with Crippen LogP contribution in [0.5, 0.6) is 5.75 Å². The van der Waals surface area contributed by atoms with Crippen molar-refractivity contribution < 1.29 is 14.3 Å². The Bertz CT molecular complexity index is 644. The molecule has 0 aliphatic carbocycles. The average molecular weight is 338 g/mol. The van der Waals surface area contributed by atoms with E-state index in [0.29, 0.717) is 22.5 Å². The summed E-state index contributed by atoms with van der Waals surface area (Å²) in [5.74, 6) is 0.360. The van der Waals surface area contributed by atoms with E-state index in [0.717, 1.165) is 11.1 Å². The van der Waals surface area contributed by atoms with E-state index in [4.69, 9.17) is 9.94 Å². The fourth-order valence-corrected chi connectivity index (χ4v) is 2.13. The smallest absolute Gasteiger partial charge is 0.124 e. The lowest BCUT2D eigenvalue weighted by molar-refractivity contribution is 0.305. The SMILES string of the molecule is C/C(=N\O)c1cccc(OCc2ccc(F)cc2Br)c1. The molecule has 0 saturated carbocycles.